The van der Waals surface area contributed by atoms with Gasteiger partial charge in [0.15, 0.2) is 0 Å². The van der Waals surface area contributed by atoms with Gasteiger partial charge in [-0.15, -0.1) is 0 Å². The lowest BCUT2D eigenvalue weighted by molar-refractivity contribution is 0.235. The van der Waals surface area contributed by atoms with Crippen molar-refractivity contribution in [2.75, 3.05) is 6.54 Å². The Hall–Kier alpha value is -0.730. The molecule has 2 N–H and O–H groups in total. The standard InChI is InChI=1S/C10H22N2O/c1-5-9(6-2)12-10(13)11-7-8(3)4/h8-9H,5-7H2,1-4H3,(H2,11,12,13). The van der Waals surface area contributed by atoms with E-state index in [1.165, 1.54) is 0 Å². The Morgan fingerprint density at radius 2 is 1.77 bits per heavy atom. The average molecular weight is 186 g/mol. The zero-order valence-corrected chi connectivity index (χ0v) is 9.18. The van der Waals surface area contributed by atoms with Gasteiger partial charge in [0, 0.05) is 12.6 Å². The Morgan fingerprint density at radius 1 is 1.23 bits per heavy atom. The van der Waals surface area contributed by atoms with Crippen molar-refractivity contribution in [3.05, 3.63) is 0 Å². The van der Waals surface area contributed by atoms with Gasteiger partial charge in [0.2, 0.25) is 0 Å². The summed E-state index contributed by atoms with van der Waals surface area (Å²) in [5, 5.41) is 5.75. The fourth-order valence-electron chi connectivity index (χ4n) is 1.03. The minimum absolute atomic E-state index is 0.0394. The van der Waals surface area contributed by atoms with Crippen LogP contribution in [-0.2, 0) is 0 Å². The number of nitrogens with one attached hydrogen (secondary N) is 2. The molecule has 3 heteroatoms. The molecular weight excluding hydrogens is 164 g/mol. The zero-order chi connectivity index (χ0) is 10.3. The highest BCUT2D eigenvalue weighted by Gasteiger charge is 2.07. The summed E-state index contributed by atoms with van der Waals surface area (Å²) < 4.78 is 0. The second-order valence-corrected chi connectivity index (χ2v) is 3.76. The van der Waals surface area contributed by atoms with Crippen LogP contribution in [0.1, 0.15) is 40.5 Å². The predicted octanol–water partition coefficient (Wildman–Crippen LogP) is 2.13. The third-order valence-electron chi connectivity index (χ3n) is 1.99. The summed E-state index contributed by atoms with van der Waals surface area (Å²) in [7, 11) is 0. The minimum Gasteiger partial charge on any atom is -0.338 e. The van der Waals surface area contributed by atoms with Crippen LogP contribution in [0.5, 0.6) is 0 Å². The van der Waals surface area contributed by atoms with Gasteiger partial charge in [0.25, 0.3) is 0 Å². The van der Waals surface area contributed by atoms with Crippen molar-refractivity contribution in [2.45, 2.75) is 46.6 Å². The maximum absolute atomic E-state index is 11.3. The molecule has 3 nitrogen and oxygen atoms in total. The van der Waals surface area contributed by atoms with Crippen molar-refractivity contribution in [3.63, 3.8) is 0 Å². The summed E-state index contributed by atoms with van der Waals surface area (Å²) in [6.07, 6.45) is 1.98. The molecule has 2 amide bonds. The third-order valence-corrected chi connectivity index (χ3v) is 1.99. The fourth-order valence-corrected chi connectivity index (χ4v) is 1.03. The molecule has 0 aliphatic heterocycles. The van der Waals surface area contributed by atoms with E-state index in [0.717, 1.165) is 19.4 Å². The topological polar surface area (TPSA) is 41.1 Å². The fraction of sp³-hybridized carbons (Fsp3) is 0.900. The first-order valence-electron chi connectivity index (χ1n) is 5.14. The van der Waals surface area contributed by atoms with Crippen molar-refractivity contribution in [3.8, 4) is 0 Å². The van der Waals surface area contributed by atoms with Crippen LogP contribution in [0.2, 0.25) is 0 Å². The van der Waals surface area contributed by atoms with Crippen molar-refractivity contribution in [2.24, 2.45) is 5.92 Å². The Labute approximate surface area is 81.3 Å². The number of hydrogen-bond acceptors (Lipinski definition) is 1. The summed E-state index contributed by atoms with van der Waals surface area (Å²) >= 11 is 0. The van der Waals surface area contributed by atoms with Crippen LogP contribution < -0.4 is 10.6 Å². The highest BCUT2D eigenvalue weighted by Crippen LogP contribution is 1.95. The summed E-state index contributed by atoms with van der Waals surface area (Å²) in [5.74, 6) is 0.507. The van der Waals surface area contributed by atoms with Crippen LogP contribution in [0.3, 0.4) is 0 Å². The van der Waals surface area contributed by atoms with Crippen molar-refractivity contribution in [1.82, 2.24) is 10.6 Å². The number of rotatable bonds is 5. The molecule has 0 spiro atoms. The van der Waals surface area contributed by atoms with Crippen LogP contribution >= 0.6 is 0 Å². The predicted molar refractivity (Wildman–Crippen MR) is 55.7 cm³/mol. The summed E-state index contributed by atoms with van der Waals surface area (Å²) in [5.41, 5.74) is 0. The van der Waals surface area contributed by atoms with Gasteiger partial charge < -0.3 is 10.6 Å². The maximum atomic E-state index is 11.3. The number of amides is 2. The monoisotopic (exact) mass is 186 g/mol. The second-order valence-electron chi connectivity index (χ2n) is 3.76. The lowest BCUT2D eigenvalue weighted by atomic mass is 10.2. The first kappa shape index (κ1) is 12.3. The molecule has 0 aromatic carbocycles. The van der Waals surface area contributed by atoms with Gasteiger partial charge in [0.05, 0.1) is 0 Å². The van der Waals surface area contributed by atoms with E-state index >= 15 is 0 Å². The molecule has 0 rings (SSSR count). The van der Waals surface area contributed by atoms with Crippen molar-refractivity contribution < 1.29 is 4.79 Å². The van der Waals surface area contributed by atoms with E-state index in [1.807, 2.05) is 0 Å². The van der Waals surface area contributed by atoms with Gasteiger partial charge in [-0.3, -0.25) is 0 Å². The molecular formula is C10H22N2O. The Morgan fingerprint density at radius 3 is 2.15 bits per heavy atom. The van der Waals surface area contributed by atoms with E-state index in [0.29, 0.717) is 12.0 Å². The van der Waals surface area contributed by atoms with Gasteiger partial charge in [-0.05, 0) is 18.8 Å². The van der Waals surface area contributed by atoms with Gasteiger partial charge in [-0.1, -0.05) is 27.7 Å². The van der Waals surface area contributed by atoms with Gasteiger partial charge >= 0.3 is 6.03 Å². The minimum atomic E-state index is -0.0394. The second kappa shape index (κ2) is 6.75. The molecule has 0 saturated heterocycles. The highest BCUT2D eigenvalue weighted by molar-refractivity contribution is 5.74. The van der Waals surface area contributed by atoms with Crippen LogP contribution in [-0.4, -0.2) is 18.6 Å². The van der Waals surface area contributed by atoms with Gasteiger partial charge in [0.1, 0.15) is 0 Å². The SMILES string of the molecule is CCC(CC)NC(=O)NCC(C)C. The van der Waals surface area contributed by atoms with E-state index in [2.05, 4.69) is 38.3 Å². The van der Waals surface area contributed by atoms with Crippen LogP contribution in [0.4, 0.5) is 4.79 Å². The normalized spacial score (nSPS) is 10.6. The van der Waals surface area contributed by atoms with Crippen LogP contribution in [0.15, 0.2) is 0 Å². The van der Waals surface area contributed by atoms with Gasteiger partial charge in [-0.25, -0.2) is 4.79 Å². The molecule has 0 aliphatic carbocycles. The number of carbonyl (C=O) groups excluding carboxylic acids is 1. The average Bonchev–Trinajstić information content (AvgIpc) is 2.10. The molecule has 0 fully saturated rings. The number of urea groups is 1. The third kappa shape index (κ3) is 6.43. The lowest BCUT2D eigenvalue weighted by Crippen LogP contribution is -2.42. The van der Waals surface area contributed by atoms with Crippen molar-refractivity contribution >= 4 is 6.03 Å². The zero-order valence-electron chi connectivity index (χ0n) is 9.18. The van der Waals surface area contributed by atoms with E-state index in [-0.39, 0.29) is 6.03 Å². The highest BCUT2D eigenvalue weighted by atomic mass is 16.2. The van der Waals surface area contributed by atoms with Gasteiger partial charge in [-0.2, -0.15) is 0 Å². The number of hydrogen-bond donors (Lipinski definition) is 2. The molecule has 0 bridgehead atoms. The maximum Gasteiger partial charge on any atom is 0.315 e. The molecule has 0 heterocycles. The quantitative estimate of drug-likeness (QED) is 0.678. The Bertz CT molecular complexity index is 142. The Kier molecular flexibility index (Phi) is 6.37. The van der Waals surface area contributed by atoms with E-state index < -0.39 is 0 Å². The largest absolute Gasteiger partial charge is 0.338 e. The van der Waals surface area contributed by atoms with E-state index in [9.17, 15) is 4.79 Å². The molecule has 0 radical (unpaired) electrons. The molecule has 78 valence electrons. The Balaban J connectivity index is 3.60. The first-order chi connectivity index (χ1) is 6.10. The molecule has 0 saturated carbocycles. The van der Waals surface area contributed by atoms with E-state index in [4.69, 9.17) is 0 Å². The van der Waals surface area contributed by atoms with Crippen LogP contribution in [0, 0.1) is 5.92 Å². The molecule has 0 unspecified atom stereocenters. The molecule has 0 aromatic rings. The summed E-state index contributed by atoms with van der Waals surface area (Å²) in [6, 6.07) is 0.273. The summed E-state index contributed by atoms with van der Waals surface area (Å²) in [4.78, 5) is 11.3. The van der Waals surface area contributed by atoms with Crippen LogP contribution in [0.25, 0.3) is 0 Å². The van der Waals surface area contributed by atoms with Crippen molar-refractivity contribution in [1.29, 1.82) is 0 Å². The number of carbonyl (C=O) groups is 1. The molecule has 0 aliphatic rings. The molecule has 13 heavy (non-hydrogen) atoms. The lowest BCUT2D eigenvalue weighted by Gasteiger charge is -2.16. The van der Waals surface area contributed by atoms with E-state index in [1.54, 1.807) is 0 Å². The smallest absolute Gasteiger partial charge is 0.315 e. The summed E-state index contributed by atoms with van der Waals surface area (Å²) in [6.45, 7) is 9.06. The molecule has 0 atom stereocenters. The first-order valence-corrected chi connectivity index (χ1v) is 5.14. The molecule has 0 aromatic heterocycles.